The molecular formula is C20H21F3N2O4S. The fourth-order valence-corrected chi connectivity index (χ4v) is 4.42. The molecule has 162 valence electrons. The summed E-state index contributed by atoms with van der Waals surface area (Å²) in [4.78, 5) is 12.0. The summed E-state index contributed by atoms with van der Waals surface area (Å²) in [6, 6.07) is 9.39. The second-order valence-corrected chi connectivity index (χ2v) is 8.83. The molecule has 1 amide bonds. The summed E-state index contributed by atoms with van der Waals surface area (Å²) in [5, 5.41) is 0. The van der Waals surface area contributed by atoms with E-state index in [9.17, 15) is 26.4 Å². The number of sulfonamides is 1. The first-order valence-corrected chi connectivity index (χ1v) is 10.7. The van der Waals surface area contributed by atoms with E-state index in [1.165, 1.54) is 18.2 Å². The number of aryl methyl sites for hydroxylation is 2. The highest BCUT2D eigenvalue weighted by molar-refractivity contribution is 7.89. The van der Waals surface area contributed by atoms with E-state index >= 15 is 0 Å². The number of benzene rings is 2. The van der Waals surface area contributed by atoms with Crippen LogP contribution < -0.4 is 14.4 Å². The zero-order valence-corrected chi connectivity index (χ0v) is 17.2. The van der Waals surface area contributed by atoms with Crippen LogP contribution in [0.25, 0.3) is 0 Å². The molecule has 0 spiro atoms. The van der Waals surface area contributed by atoms with E-state index in [1.54, 1.807) is 0 Å². The maximum Gasteiger partial charge on any atom is 0.471 e. The lowest BCUT2D eigenvalue weighted by Gasteiger charge is -2.19. The molecule has 0 bridgehead atoms. The van der Waals surface area contributed by atoms with Gasteiger partial charge < -0.3 is 9.64 Å². The van der Waals surface area contributed by atoms with Gasteiger partial charge in [-0.1, -0.05) is 6.07 Å². The normalized spacial score (nSPS) is 14.0. The largest absolute Gasteiger partial charge is 0.492 e. The van der Waals surface area contributed by atoms with Crippen LogP contribution in [0.2, 0.25) is 0 Å². The molecule has 0 saturated carbocycles. The highest BCUT2D eigenvalue weighted by Gasteiger charge is 2.44. The fraction of sp³-hybridized carbons (Fsp3) is 0.350. The number of halogens is 3. The Morgan fingerprint density at radius 3 is 2.43 bits per heavy atom. The number of rotatable bonds is 6. The fourth-order valence-electron chi connectivity index (χ4n) is 3.35. The first-order valence-electron chi connectivity index (χ1n) is 9.20. The first-order chi connectivity index (χ1) is 14.0. The zero-order chi connectivity index (χ0) is 22.1. The molecule has 0 radical (unpaired) electrons. The maximum atomic E-state index is 12.7. The number of carbonyl (C=O) groups excluding carboxylic acids is 1. The second kappa shape index (κ2) is 8.27. The Morgan fingerprint density at radius 1 is 1.13 bits per heavy atom. The van der Waals surface area contributed by atoms with Crippen molar-refractivity contribution in [2.24, 2.45) is 0 Å². The molecule has 0 saturated heterocycles. The Balaban J connectivity index is 1.64. The molecule has 0 unspecified atom stereocenters. The summed E-state index contributed by atoms with van der Waals surface area (Å²) < 4.78 is 71.1. The van der Waals surface area contributed by atoms with E-state index in [4.69, 9.17) is 4.74 Å². The molecule has 0 fully saturated rings. The molecule has 1 aliphatic heterocycles. The third kappa shape index (κ3) is 4.93. The van der Waals surface area contributed by atoms with Crippen molar-refractivity contribution in [3.63, 3.8) is 0 Å². The predicted octanol–water partition coefficient (Wildman–Crippen LogP) is 3.11. The molecule has 1 N–H and O–H groups in total. The standard InChI is InChI=1S/C20H21F3N2O4S/c1-13-9-14(2)11-16(10-13)29-8-6-24-30(27,28)17-3-4-18-15(12-17)5-7-25(18)19(26)20(21,22)23/h3-4,9-12,24H,5-8H2,1-2H3. The molecule has 10 heteroatoms. The van der Waals surface area contributed by atoms with Crippen LogP contribution in [0.1, 0.15) is 16.7 Å². The number of ether oxygens (including phenoxy) is 1. The molecule has 1 aliphatic rings. The van der Waals surface area contributed by atoms with E-state index in [0.29, 0.717) is 16.2 Å². The van der Waals surface area contributed by atoms with Gasteiger partial charge in [-0.3, -0.25) is 4.79 Å². The van der Waals surface area contributed by atoms with Crippen molar-refractivity contribution in [2.45, 2.75) is 31.3 Å². The van der Waals surface area contributed by atoms with Gasteiger partial charge in [-0.15, -0.1) is 0 Å². The van der Waals surface area contributed by atoms with Crippen LogP contribution in [-0.4, -0.2) is 40.2 Å². The van der Waals surface area contributed by atoms with Crippen molar-refractivity contribution in [2.75, 3.05) is 24.6 Å². The minimum Gasteiger partial charge on any atom is -0.492 e. The van der Waals surface area contributed by atoms with Gasteiger partial charge in [0.2, 0.25) is 10.0 Å². The highest BCUT2D eigenvalue weighted by Crippen LogP contribution is 2.33. The van der Waals surface area contributed by atoms with Crippen molar-refractivity contribution in [1.82, 2.24) is 4.72 Å². The molecule has 3 rings (SSSR count). The van der Waals surface area contributed by atoms with Crippen LogP contribution in [0.4, 0.5) is 18.9 Å². The van der Waals surface area contributed by atoms with Gasteiger partial charge in [0.1, 0.15) is 12.4 Å². The Bertz CT molecular complexity index is 1050. The minimum absolute atomic E-state index is 0.0189. The molecule has 0 aromatic heterocycles. The molecule has 1 heterocycles. The molecule has 2 aromatic rings. The molecular weight excluding hydrogens is 421 g/mol. The Kier molecular flexibility index (Phi) is 6.09. The Morgan fingerprint density at radius 2 is 1.80 bits per heavy atom. The SMILES string of the molecule is Cc1cc(C)cc(OCCNS(=O)(=O)c2ccc3c(c2)CCN3C(=O)C(F)(F)F)c1. The van der Waals surface area contributed by atoms with E-state index < -0.39 is 22.1 Å². The van der Waals surface area contributed by atoms with Crippen molar-refractivity contribution >= 4 is 21.6 Å². The number of anilines is 1. The lowest BCUT2D eigenvalue weighted by molar-refractivity contribution is -0.170. The van der Waals surface area contributed by atoms with Gasteiger partial charge in [0.15, 0.2) is 0 Å². The molecule has 30 heavy (non-hydrogen) atoms. The van der Waals surface area contributed by atoms with E-state index in [0.717, 1.165) is 11.1 Å². The molecule has 6 nitrogen and oxygen atoms in total. The summed E-state index contributed by atoms with van der Waals surface area (Å²) in [7, 11) is -3.87. The van der Waals surface area contributed by atoms with Crippen molar-refractivity contribution in [3.05, 3.63) is 53.1 Å². The number of nitrogens with zero attached hydrogens (tertiary/aromatic N) is 1. The van der Waals surface area contributed by atoms with Gasteiger partial charge >= 0.3 is 12.1 Å². The van der Waals surface area contributed by atoms with Crippen molar-refractivity contribution in [3.8, 4) is 5.75 Å². The molecule has 0 atom stereocenters. The third-order valence-corrected chi connectivity index (χ3v) is 6.06. The Hall–Kier alpha value is -2.59. The molecule has 0 aliphatic carbocycles. The van der Waals surface area contributed by atoms with Crippen LogP contribution >= 0.6 is 0 Å². The summed E-state index contributed by atoms with van der Waals surface area (Å²) in [6.45, 7) is 3.85. The highest BCUT2D eigenvalue weighted by atomic mass is 32.2. The maximum absolute atomic E-state index is 12.7. The van der Waals surface area contributed by atoms with Crippen LogP contribution in [0.15, 0.2) is 41.3 Å². The second-order valence-electron chi connectivity index (χ2n) is 7.06. The van der Waals surface area contributed by atoms with Gasteiger partial charge in [-0.2, -0.15) is 13.2 Å². The van der Waals surface area contributed by atoms with E-state index in [-0.39, 0.29) is 36.7 Å². The average molecular weight is 442 g/mol. The number of amides is 1. The zero-order valence-electron chi connectivity index (χ0n) is 16.4. The van der Waals surface area contributed by atoms with E-state index in [1.807, 2.05) is 32.0 Å². The number of nitrogens with one attached hydrogen (secondary N) is 1. The Labute approximate surface area is 172 Å². The number of hydrogen-bond donors (Lipinski definition) is 1. The third-order valence-electron chi connectivity index (χ3n) is 4.60. The van der Waals surface area contributed by atoms with Gasteiger partial charge in [0.05, 0.1) is 4.90 Å². The number of hydrogen-bond acceptors (Lipinski definition) is 4. The van der Waals surface area contributed by atoms with Crippen molar-refractivity contribution in [1.29, 1.82) is 0 Å². The lowest BCUT2D eigenvalue weighted by atomic mass is 10.1. The minimum atomic E-state index is -4.98. The van der Waals surface area contributed by atoms with Gasteiger partial charge in [0.25, 0.3) is 0 Å². The van der Waals surface area contributed by atoms with Crippen LogP contribution in [-0.2, 0) is 21.2 Å². The quantitative estimate of drug-likeness (QED) is 0.698. The number of carbonyl (C=O) groups is 1. The summed E-state index contributed by atoms with van der Waals surface area (Å²) in [5.74, 6) is -1.32. The van der Waals surface area contributed by atoms with E-state index in [2.05, 4.69) is 4.72 Å². The number of fused-ring (bicyclic) bond motifs is 1. The van der Waals surface area contributed by atoms with Crippen LogP contribution in [0, 0.1) is 13.8 Å². The van der Waals surface area contributed by atoms with Gasteiger partial charge in [0, 0.05) is 18.8 Å². The smallest absolute Gasteiger partial charge is 0.471 e. The van der Waals surface area contributed by atoms with Gasteiger partial charge in [-0.05, 0) is 67.3 Å². The summed E-state index contributed by atoms with van der Waals surface area (Å²) in [6.07, 6.45) is -4.83. The van der Waals surface area contributed by atoms with Crippen LogP contribution in [0.5, 0.6) is 5.75 Å². The number of alkyl halides is 3. The topological polar surface area (TPSA) is 75.7 Å². The average Bonchev–Trinajstić information content (AvgIpc) is 3.06. The predicted molar refractivity (Wildman–Crippen MR) is 105 cm³/mol. The summed E-state index contributed by atoms with van der Waals surface area (Å²) in [5.41, 5.74) is 2.51. The summed E-state index contributed by atoms with van der Waals surface area (Å²) >= 11 is 0. The lowest BCUT2D eigenvalue weighted by Crippen LogP contribution is -2.40. The van der Waals surface area contributed by atoms with Crippen molar-refractivity contribution < 1.29 is 31.1 Å². The molecule has 2 aromatic carbocycles. The monoisotopic (exact) mass is 442 g/mol. The van der Waals surface area contributed by atoms with Gasteiger partial charge in [-0.25, -0.2) is 13.1 Å². The first kappa shape index (κ1) is 22.1. The van der Waals surface area contributed by atoms with Crippen LogP contribution in [0.3, 0.4) is 0 Å².